The van der Waals surface area contributed by atoms with Crippen molar-refractivity contribution in [3.63, 3.8) is 0 Å². The number of nitrogens with zero attached hydrogens (tertiary/aromatic N) is 3. The number of hydrogen-bond donors (Lipinski definition) is 3. The number of thioether (sulfide) groups is 1. The van der Waals surface area contributed by atoms with Gasteiger partial charge in [0.15, 0.2) is 0 Å². The summed E-state index contributed by atoms with van der Waals surface area (Å²) in [6, 6.07) is 3.63. The molecule has 16 heteroatoms. The van der Waals surface area contributed by atoms with Gasteiger partial charge in [0, 0.05) is 60.1 Å². The Morgan fingerprint density at radius 3 is 2.57 bits per heavy atom. The van der Waals surface area contributed by atoms with E-state index in [-0.39, 0.29) is 42.5 Å². The maximum absolute atomic E-state index is 13.7. The predicted octanol–water partition coefficient (Wildman–Crippen LogP) is 2.91. The lowest BCUT2D eigenvalue weighted by Crippen LogP contribution is -2.41. The highest BCUT2D eigenvalue weighted by molar-refractivity contribution is 7.99. The van der Waals surface area contributed by atoms with E-state index in [2.05, 4.69) is 26.7 Å². The number of likely N-dealkylation sites (tertiary alicyclic amines) is 1. The van der Waals surface area contributed by atoms with Crippen LogP contribution in [0.25, 0.3) is 11.3 Å². The first kappa shape index (κ1) is 33.2. The molecular weight excluding hydrogens is 616 g/mol. The Labute approximate surface area is 249 Å². The van der Waals surface area contributed by atoms with Crippen molar-refractivity contribution in [3.8, 4) is 11.3 Å². The lowest BCUT2D eigenvalue weighted by Gasteiger charge is -2.32. The number of hydrogen-bond acceptors (Lipinski definition) is 8. The average molecular weight is 654 g/mol. The van der Waals surface area contributed by atoms with Crippen LogP contribution in [0.2, 0.25) is 0 Å². The van der Waals surface area contributed by atoms with Gasteiger partial charge < -0.3 is 10.0 Å². The Morgan fingerprint density at radius 2 is 1.90 bits per heavy atom. The molecule has 0 saturated carbocycles. The maximum atomic E-state index is 13.7. The zero-order valence-electron chi connectivity index (χ0n) is 23.7. The van der Waals surface area contributed by atoms with E-state index in [0.717, 1.165) is 55.7 Å². The molecule has 0 spiro atoms. The van der Waals surface area contributed by atoms with Crippen LogP contribution >= 0.6 is 11.8 Å². The minimum atomic E-state index is -4.61. The van der Waals surface area contributed by atoms with Crippen LogP contribution in [0, 0.1) is 5.92 Å². The molecule has 0 bridgehead atoms. The summed E-state index contributed by atoms with van der Waals surface area (Å²) < 4.78 is 93.8. The van der Waals surface area contributed by atoms with Gasteiger partial charge in [0.25, 0.3) is 0 Å². The molecule has 42 heavy (non-hydrogen) atoms. The number of halogens is 3. The van der Waals surface area contributed by atoms with Crippen molar-refractivity contribution < 1.29 is 35.1 Å². The molecule has 3 heterocycles. The molecule has 1 aromatic heterocycles. The zero-order chi connectivity index (χ0) is 30.7. The van der Waals surface area contributed by atoms with Crippen molar-refractivity contribution in [1.82, 2.24) is 24.1 Å². The fraction of sp³-hybridized carbons (Fsp3) is 0.654. The highest BCUT2D eigenvalue weighted by atomic mass is 32.2. The zero-order valence-corrected chi connectivity index (χ0v) is 26.1. The van der Waals surface area contributed by atoms with E-state index in [1.165, 1.54) is 16.4 Å². The second-order valence-electron chi connectivity index (χ2n) is 11.1. The molecule has 1 atom stereocenters. The monoisotopic (exact) mass is 653 g/mol. The SMILES string of the molecule is CC1CCN(CC(O)CCS(=O)(=O)N2CCc3[nH]nc(-c4ccc(C(F)(F)F)c(SCCNS(C)(=O)=O)c4)c3C2)CC1. The second kappa shape index (κ2) is 13.5. The van der Waals surface area contributed by atoms with Gasteiger partial charge in [0.05, 0.1) is 29.4 Å². The maximum Gasteiger partial charge on any atom is 0.417 e. The lowest BCUT2D eigenvalue weighted by atomic mass is 9.99. The Hall–Kier alpha value is -1.69. The molecule has 0 amide bonds. The van der Waals surface area contributed by atoms with Crippen LogP contribution in [-0.4, -0.2) is 97.9 Å². The van der Waals surface area contributed by atoms with Crippen molar-refractivity contribution in [1.29, 1.82) is 0 Å². The Bertz CT molecular complexity index is 1440. The molecule has 2 aliphatic heterocycles. The molecule has 2 aliphatic rings. The average Bonchev–Trinajstić information content (AvgIpc) is 3.34. The number of rotatable bonds is 12. The summed E-state index contributed by atoms with van der Waals surface area (Å²) in [4.78, 5) is 2.09. The highest BCUT2D eigenvalue weighted by Gasteiger charge is 2.35. The first-order valence-electron chi connectivity index (χ1n) is 13.9. The number of nitrogens with one attached hydrogen (secondary N) is 2. The van der Waals surface area contributed by atoms with Crippen LogP contribution in [-0.2, 0) is 39.2 Å². The van der Waals surface area contributed by atoms with E-state index in [0.29, 0.717) is 35.7 Å². The third-order valence-corrected chi connectivity index (χ3v) is 11.3. The fourth-order valence-corrected chi connectivity index (χ4v) is 8.30. The molecule has 1 unspecified atom stereocenters. The number of alkyl halides is 3. The molecule has 4 rings (SSSR count). The topological polar surface area (TPSA) is 136 Å². The Morgan fingerprint density at radius 1 is 1.19 bits per heavy atom. The molecule has 10 nitrogen and oxygen atoms in total. The third-order valence-electron chi connectivity index (χ3n) is 7.63. The third kappa shape index (κ3) is 8.92. The van der Waals surface area contributed by atoms with Gasteiger partial charge >= 0.3 is 6.18 Å². The van der Waals surface area contributed by atoms with Crippen LogP contribution < -0.4 is 4.72 Å². The molecule has 1 aromatic carbocycles. The normalized spacial score (nSPS) is 18.7. The predicted molar refractivity (Wildman–Crippen MR) is 156 cm³/mol. The number of β-amino-alcohol motifs (C(OH)–C–C–N with tert-alkyl or cyclic N) is 1. The standard InChI is InChI=1S/C26H38F3N5O5S3/c1-18-5-10-33(11-6-18)16-20(35)8-14-42(38,39)34-12-7-23-21(17-34)25(32-31-23)19-3-4-22(26(27,28)29)24(15-19)40-13-9-30-41(2,36)37/h3-4,15,18,20,30,35H,5-14,16-17H2,1-2H3,(H,31,32). The number of piperidine rings is 1. The Balaban J connectivity index is 1.45. The smallest absolute Gasteiger partial charge is 0.392 e. The molecule has 0 radical (unpaired) electrons. The van der Waals surface area contributed by atoms with Gasteiger partial charge in [-0.3, -0.25) is 5.10 Å². The summed E-state index contributed by atoms with van der Waals surface area (Å²) in [5.74, 6) is 0.532. The van der Waals surface area contributed by atoms with Gasteiger partial charge in [0.2, 0.25) is 20.0 Å². The van der Waals surface area contributed by atoms with Crippen molar-refractivity contribution in [3.05, 3.63) is 35.0 Å². The van der Waals surface area contributed by atoms with Crippen LogP contribution in [0.5, 0.6) is 0 Å². The molecule has 236 valence electrons. The number of H-pyrrole nitrogens is 1. The minimum Gasteiger partial charge on any atom is -0.392 e. The number of sulfonamides is 2. The van der Waals surface area contributed by atoms with Crippen LogP contribution in [0.4, 0.5) is 13.2 Å². The van der Waals surface area contributed by atoms with Crippen molar-refractivity contribution in [2.75, 3.05) is 50.5 Å². The summed E-state index contributed by atoms with van der Waals surface area (Å²) in [6.45, 7) is 4.64. The van der Waals surface area contributed by atoms with E-state index in [4.69, 9.17) is 0 Å². The van der Waals surface area contributed by atoms with Crippen LogP contribution in [0.15, 0.2) is 23.1 Å². The molecule has 1 fully saturated rings. The van der Waals surface area contributed by atoms with Gasteiger partial charge in [-0.15, -0.1) is 11.8 Å². The number of aliphatic hydroxyl groups is 1. The second-order valence-corrected chi connectivity index (χ2v) is 16.1. The summed E-state index contributed by atoms with van der Waals surface area (Å²) in [7, 11) is -7.18. The molecule has 2 aromatic rings. The summed E-state index contributed by atoms with van der Waals surface area (Å²) >= 11 is 0.871. The van der Waals surface area contributed by atoms with E-state index < -0.39 is 37.9 Å². The quantitative estimate of drug-likeness (QED) is 0.235. The van der Waals surface area contributed by atoms with E-state index in [1.54, 1.807) is 0 Å². The molecule has 0 aliphatic carbocycles. The first-order valence-corrected chi connectivity index (χ1v) is 18.3. The fourth-order valence-electron chi connectivity index (χ4n) is 5.21. The first-order chi connectivity index (χ1) is 19.6. The Kier molecular flexibility index (Phi) is 10.7. The number of aromatic amines is 1. The van der Waals surface area contributed by atoms with Gasteiger partial charge in [-0.1, -0.05) is 13.0 Å². The van der Waals surface area contributed by atoms with Gasteiger partial charge in [-0.2, -0.15) is 22.6 Å². The van der Waals surface area contributed by atoms with E-state index >= 15 is 0 Å². The van der Waals surface area contributed by atoms with E-state index in [1.807, 2.05) is 0 Å². The van der Waals surface area contributed by atoms with Crippen molar-refractivity contribution in [2.45, 2.75) is 56.3 Å². The van der Waals surface area contributed by atoms with Crippen molar-refractivity contribution >= 4 is 31.8 Å². The number of benzene rings is 1. The summed E-state index contributed by atoms with van der Waals surface area (Å²) in [6.07, 6.45) is -1.78. The lowest BCUT2D eigenvalue weighted by molar-refractivity contribution is -0.139. The largest absolute Gasteiger partial charge is 0.417 e. The van der Waals surface area contributed by atoms with Gasteiger partial charge in [-0.05, 0) is 50.4 Å². The minimum absolute atomic E-state index is 0.0192. The molecule has 1 saturated heterocycles. The van der Waals surface area contributed by atoms with Crippen LogP contribution in [0.3, 0.4) is 0 Å². The number of fused-ring (bicyclic) bond motifs is 1. The van der Waals surface area contributed by atoms with Gasteiger partial charge in [0.1, 0.15) is 0 Å². The van der Waals surface area contributed by atoms with Crippen LogP contribution in [0.1, 0.15) is 43.0 Å². The summed E-state index contributed by atoms with van der Waals surface area (Å²) in [5.41, 5.74) is 1.24. The molecular formula is C26H38F3N5O5S3. The number of aliphatic hydroxyl groups excluding tert-OH is 1. The molecule has 3 N–H and O–H groups in total. The van der Waals surface area contributed by atoms with E-state index in [9.17, 15) is 35.1 Å². The summed E-state index contributed by atoms with van der Waals surface area (Å²) in [5, 5.41) is 17.7. The van der Waals surface area contributed by atoms with Crippen molar-refractivity contribution in [2.24, 2.45) is 5.92 Å². The highest BCUT2D eigenvalue weighted by Crippen LogP contribution is 2.40. The van der Waals surface area contributed by atoms with Gasteiger partial charge in [-0.25, -0.2) is 21.6 Å². The number of aromatic nitrogens is 2.